The smallest absolute Gasteiger partial charge is 0.341 e. The Kier molecular flexibility index (Phi) is 5.50. The highest BCUT2D eigenvalue weighted by molar-refractivity contribution is 5.82. The van der Waals surface area contributed by atoms with Gasteiger partial charge in [0.25, 0.3) is 0 Å². The van der Waals surface area contributed by atoms with Gasteiger partial charge in [-0.3, -0.25) is 0 Å². The molecule has 0 amide bonds. The number of anilines is 3. The van der Waals surface area contributed by atoms with Gasteiger partial charge in [-0.1, -0.05) is 18.2 Å². The maximum Gasteiger partial charge on any atom is 0.417 e. The monoisotopic (exact) mass is 405 g/mol. The minimum atomic E-state index is -4.44. The Balaban J connectivity index is 1.57. The molecule has 1 aromatic heterocycles. The van der Waals surface area contributed by atoms with Crippen molar-refractivity contribution >= 4 is 24.1 Å². The first-order valence-corrected chi connectivity index (χ1v) is 9.72. The Morgan fingerprint density at radius 2 is 1.41 bits per heavy atom. The molecule has 0 unspecified atom stereocenters. The molecule has 0 atom stereocenters. The van der Waals surface area contributed by atoms with E-state index in [1.807, 2.05) is 0 Å². The second-order valence-corrected chi connectivity index (χ2v) is 7.10. The summed E-state index contributed by atoms with van der Waals surface area (Å²) in [5, 5.41) is 3.96. The molecule has 7 nitrogen and oxygen atoms in total. The number of alkyl halides is 3. The number of nitrogens with one attached hydrogen (secondary N) is 1. The van der Waals surface area contributed by atoms with E-state index in [1.54, 1.807) is 0 Å². The van der Waals surface area contributed by atoms with Crippen LogP contribution in [0.1, 0.15) is 36.8 Å². The normalized spacial score (nSPS) is 17.5. The molecule has 154 valence electrons. The Morgan fingerprint density at radius 3 is 1.97 bits per heavy atom. The van der Waals surface area contributed by atoms with Gasteiger partial charge in [0.2, 0.25) is 17.8 Å². The fourth-order valence-corrected chi connectivity index (χ4v) is 3.55. The first-order chi connectivity index (χ1) is 14.0. The van der Waals surface area contributed by atoms with Crippen LogP contribution in [0.25, 0.3) is 0 Å². The van der Waals surface area contributed by atoms with E-state index in [0.717, 1.165) is 64.1 Å². The number of halogens is 3. The van der Waals surface area contributed by atoms with E-state index in [0.29, 0.717) is 11.9 Å². The Hall–Kier alpha value is -2.91. The van der Waals surface area contributed by atoms with Gasteiger partial charge in [-0.25, -0.2) is 5.43 Å². The fraction of sp³-hybridized carbons (Fsp3) is 0.474. The van der Waals surface area contributed by atoms with Gasteiger partial charge >= 0.3 is 6.18 Å². The highest BCUT2D eigenvalue weighted by Gasteiger charge is 2.32. The van der Waals surface area contributed by atoms with Crippen molar-refractivity contribution in [3.05, 3.63) is 35.4 Å². The number of hydrogen-bond acceptors (Lipinski definition) is 7. The van der Waals surface area contributed by atoms with Gasteiger partial charge in [-0.15, -0.1) is 0 Å². The maximum absolute atomic E-state index is 13.1. The van der Waals surface area contributed by atoms with Crippen LogP contribution in [0.4, 0.5) is 31.0 Å². The summed E-state index contributed by atoms with van der Waals surface area (Å²) in [4.78, 5) is 17.6. The van der Waals surface area contributed by atoms with Crippen molar-refractivity contribution in [3.8, 4) is 0 Å². The zero-order valence-electron chi connectivity index (χ0n) is 15.9. The zero-order chi connectivity index (χ0) is 20.3. The number of hydrogen-bond donors (Lipinski definition) is 1. The molecule has 0 radical (unpaired) electrons. The SMILES string of the molecule is FC(F)(F)c1ccccc1/C=N/Nc1nc(N2CCCC2)nc(N2CCCC2)n1. The summed E-state index contributed by atoms with van der Waals surface area (Å²) in [6, 6.07) is 5.29. The second kappa shape index (κ2) is 8.22. The molecule has 2 aliphatic rings. The minimum absolute atomic E-state index is 0.0268. The van der Waals surface area contributed by atoms with Crippen molar-refractivity contribution in [3.63, 3.8) is 0 Å². The first kappa shape index (κ1) is 19.4. The maximum atomic E-state index is 13.1. The lowest BCUT2D eigenvalue weighted by Gasteiger charge is -2.20. The number of hydrazone groups is 1. The van der Waals surface area contributed by atoms with Crippen molar-refractivity contribution in [2.75, 3.05) is 41.4 Å². The summed E-state index contributed by atoms with van der Waals surface area (Å²) in [7, 11) is 0. The lowest BCUT2D eigenvalue weighted by Crippen LogP contribution is -2.25. The number of aromatic nitrogens is 3. The highest BCUT2D eigenvalue weighted by Crippen LogP contribution is 2.31. The Bertz CT molecular complexity index is 838. The van der Waals surface area contributed by atoms with E-state index in [2.05, 4.69) is 35.3 Å². The number of nitrogens with zero attached hydrogens (tertiary/aromatic N) is 6. The lowest BCUT2D eigenvalue weighted by atomic mass is 10.1. The molecule has 0 saturated carbocycles. The van der Waals surface area contributed by atoms with Crippen molar-refractivity contribution in [2.45, 2.75) is 31.9 Å². The van der Waals surface area contributed by atoms with Crippen LogP contribution >= 0.6 is 0 Å². The second-order valence-electron chi connectivity index (χ2n) is 7.10. The largest absolute Gasteiger partial charge is 0.417 e. The highest BCUT2D eigenvalue weighted by atomic mass is 19.4. The third-order valence-electron chi connectivity index (χ3n) is 5.02. The molecule has 1 N–H and O–H groups in total. The van der Waals surface area contributed by atoms with Gasteiger partial charge in [0.15, 0.2) is 0 Å². The first-order valence-electron chi connectivity index (χ1n) is 9.72. The molecule has 1 aromatic carbocycles. The third-order valence-corrected chi connectivity index (χ3v) is 5.02. The van der Waals surface area contributed by atoms with E-state index in [4.69, 9.17) is 0 Å². The van der Waals surface area contributed by atoms with Crippen molar-refractivity contribution in [1.29, 1.82) is 0 Å². The lowest BCUT2D eigenvalue weighted by molar-refractivity contribution is -0.137. The molecule has 0 spiro atoms. The molecule has 2 saturated heterocycles. The predicted octanol–water partition coefficient (Wildman–Crippen LogP) is 3.54. The minimum Gasteiger partial charge on any atom is -0.341 e. The van der Waals surface area contributed by atoms with Crippen LogP contribution in [0.3, 0.4) is 0 Å². The fourth-order valence-electron chi connectivity index (χ4n) is 3.55. The van der Waals surface area contributed by atoms with E-state index >= 15 is 0 Å². The molecule has 29 heavy (non-hydrogen) atoms. The molecule has 0 aliphatic carbocycles. The Morgan fingerprint density at radius 1 is 0.862 bits per heavy atom. The molecule has 3 heterocycles. The standard InChI is InChI=1S/C19H22F3N7/c20-19(21,22)15-8-2-1-7-14(15)13-23-27-16-24-17(28-9-3-4-10-28)26-18(25-16)29-11-5-6-12-29/h1-2,7-8,13H,3-6,9-12H2,(H,24,25,26,27)/b23-13+. The Labute approximate surface area is 166 Å². The van der Waals surface area contributed by atoms with Crippen molar-refractivity contribution in [2.24, 2.45) is 5.10 Å². The third kappa shape index (κ3) is 4.57. The summed E-state index contributed by atoms with van der Waals surface area (Å²) < 4.78 is 39.4. The van der Waals surface area contributed by atoms with Crippen LogP contribution in [0.5, 0.6) is 0 Å². The van der Waals surface area contributed by atoms with E-state index < -0.39 is 11.7 Å². The van der Waals surface area contributed by atoms with E-state index in [-0.39, 0.29) is 11.5 Å². The quantitative estimate of drug-likeness (QED) is 0.606. The molecule has 4 rings (SSSR count). The molecular weight excluding hydrogens is 383 g/mol. The van der Waals surface area contributed by atoms with Crippen LogP contribution < -0.4 is 15.2 Å². The van der Waals surface area contributed by atoms with Gasteiger partial charge in [0.1, 0.15) is 0 Å². The molecule has 2 aromatic rings. The number of benzene rings is 1. The summed E-state index contributed by atoms with van der Waals surface area (Å²) in [6.45, 7) is 3.52. The van der Waals surface area contributed by atoms with Crippen molar-refractivity contribution in [1.82, 2.24) is 15.0 Å². The van der Waals surface area contributed by atoms with E-state index in [9.17, 15) is 13.2 Å². The van der Waals surface area contributed by atoms with Crippen molar-refractivity contribution < 1.29 is 13.2 Å². The summed E-state index contributed by atoms with van der Waals surface area (Å²) in [6.07, 6.45) is 1.03. The predicted molar refractivity (Wildman–Crippen MR) is 105 cm³/mol. The molecule has 2 aliphatic heterocycles. The van der Waals surface area contributed by atoms with Gasteiger partial charge in [-0.05, 0) is 31.7 Å². The summed E-state index contributed by atoms with van der Waals surface area (Å²) >= 11 is 0. The van der Waals surface area contributed by atoms with Crippen LogP contribution in [0.2, 0.25) is 0 Å². The molecule has 0 bridgehead atoms. The zero-order valence-corrected chi connectivity index (χ0v) is 15.9. The van der Waals surface area contributed by atoms with Crippen LogP contribution in [0.15, 0.2) is 29.4 Å². The summed E-state index contributed by atoms with van der Waals surface area (Å²) in [5.41, 5.74) is 1.92. The van der Waals surface area contributed by atoms with Gasteiger partial charge in [0.05, 0.1) is 11.8 Å². The van der Waals surface area contributed by atoms with Crippen LogP contribution in [-0.2, 0) is 6.18 Å². The van der Waals surface area contributed by atoms with Crippen LogP contribution in [0, 0.1) is 0 Å². The van der Waals surface area contributed by atoms with Crippen LogP contribution in [-0.4, -0.2) is 47.3 Å². The topological polar surface area (TPSA) is 69.5 Å². The van der Waals surface area contributed by atoms with Gasteiger partial charge < -0.3 is 9.80 Å². The summed E-state index contributed by atoms with van der Waals surface area (Å²) in [5.74, 6) is 1.38. The van der Waals surface area contributed by atoms with Gasteiger partial charge in [-0.2, -0.15) is 33.2 Å². The number of rotatable bonds is 5. The average molecular weight is 405 g/mol. The molecule has 2 fully saturated rings. The molecule has 10 heteroatoms. The average Bonchev–Trinajstić information content (AvgIpc) is 3.41. The van der Waals surface area contributed by atoms with Gasteiger partial charge in [0, 0.05) is 31.7 Å². The van der Waals surface area contributed by atoms with E-state index in [1.165, 1.54) is 18.2 Å². The molecular formula is C19H22F3N7.